The molecule has 0 amide bonds. The molecule has 1 saturated heterocycles. The van der Waals surface area contributed by atoms with Crippen LogP contribution in [0.4, 0.5) is 0 Å². The van der Waals surface area contributed by atoms with E-state index in [4.69, 9.17) is 4.74 Å². The van der Waals surface area contributed by atoms with Gasteiger partial charge in [0.05, 0.1) is 11.7 Å². The van der Waals surface area contributed by atoms with Gasteiger partial charge in [0, 0.05) is 6.61 Å². The summed E-state index contributed by atoms with van der Waals surface area (Å²) < 4.78 is 6.07. The average Bonchev–Trinajstić information content (AvgIpc) is 2.30. The van der Waals surface area contributed by atoms with Gasteiger partial charge in [-0.3, -0.25) is 0 Å². The summed E-state index contributed by atoms with van der Waals surface area (Å²) in [7, 11) is 0. The first-order valence-electron chi connectivity index (χ1n) is 7.06. The SMILES string of the molecule is CCC(O)CC1CCOC2(CCCCC2)C1. The highest BCUT2D eigenvalue weighted by atomic mass is 16.5. The lowest BCUT2D eigenvalue weighted by molar-refractivity contribution is -0.121. The lowest BCUT2D eigenvalue weighted by atomic mass is 9.74. The monoisotopic (exact) mass is 226 g/mol. The molecule has 0 aromatic carbocycles. The Bertz CT molecular complexity index is 203. The Morgan fingerprint density at radius 2 is 2.06 bits per heavy atom. The van der Waals surface area contributed by atoms with Gasteiger partial charge in [0.1, 0.15) is 0 Å². The highest BCUT2D eigenvalue weighted by Crippen LogP contribution is 2.41. The van der Waals surface area contributed by atoms with Gasteiger partial charge >= 0.3 is 0 Å². The van der Waals surface area contributed by atoms with Crippen LogP contribution in [0.2, 0.25) is 0 Å². The minimum Gasteiger partial charge on any atom is -0.393 e. The van der Waals surface area contributed by atoms with Gasteiger partial charge in [-0.15, -0.1) is 0 Å². The van der Waals surface area contributed by atoms with Crippen molar-refractivity contribution >= 4 is 0 Å². The van der Waals surface area contributed by atoms with E-state index in [9.17, 15) is 5.11 Å². The van der Waals surface area contributed by atoms with E-state index in [1.807, 2.05) is 0 Å². The minimum atomic E-state index is -0.0938. The molecule has 2 fully saturated rings. The first-order valence-corrected chi connectivity index (χ1v) is 7.06. The molecule has 94 valence electrons. The predicted molar refractivity (Wildman–Crippen MR) is 65.4 cm³/mol. The van der Waals surface area contributed by atoms with Crippen molar-refractivity contribution in [2.24, 2.45) is 5.92 Å². The fraction of sp³-hybridized carbons (Fsp3) is 1.00. The van der Waals surface area contributed by atoms with Crippen LogP contribution in [-0.2, 0) is 4.74 Å². The van der Waals surface area contributed by atoms with Gasteiger partial charge in [-0.2, -0.15) is 0 Å². The Balaban J connectivity index is 1.87. The van der Waals surface area contributed by atoms with Crippen LogP contribution >= 0.6 is 0 Å². The summed E-state index contributed by atoms with van der Waals surface area (Å²) in [6.07, 6.45) is 10.7. The van der Waals surface area contributed by atoms with E-state index < -0.39 is 0 Å². The molecule has 2 heteroatoms. The molecule has 2 atom stereocenters. The third-order valence-corrected chi connectivity index (χ3v) is 4.44. The Labute approximate surface area is 99.4 Å². The first kappa shape index (κ1) is 12.4. The summed E-state index contributed by atoms with van der Waals surface area (Å²) in [6.45, 7) is 2.99. The van der Waals surface area contributed by atoms with E-state index >= 15 is 0 Å². The Morgan fingerprint density at radius 1 is 1.31 bits per heavy atom. The zero-order valence-corrected chi connectivity index (χ0v) is 10.6. The summed E-state index contributed by atoms with van der Waals surface area (Å²) >= 11 is 0. The van der Waals surface area contributed by atoms with E-state index in [0.717, 1.165) is 25.9 Å². The number of aliphatic hydroxyl groups is 1. The van der Waals surface area contributed by atoms with Crippen LogP contribution in [0.3, 0.4) is 0 Å². The predicted octanol–water partition coefficient (Wildman–Crippen LogP) is 3.28. The third-order valence-electron chi connectivity index (χ3n) is 4.44. The summed E-state index contributed by atoms with van der Waals surface area (Å²) in [5, 5.41) is 9.76. The number of hydrogen-bond acceptors (Lipinski definition) is 2. The standard InChI is InChI=1S/C14H26O2/c1-2-13(15)10-12-6-9-16-14(11-12)7-4-3-5-8-14/h12-13,15H,2-11H2,1H3. The normalized spacial score (nSPS) is 31.5. The minimum absolute atomic E-state index is 0.0938. The molecule has 1 aliphatic carbocycles. The fourth-order valence-electron chi connectivity index (χ4n) is 3.43. The van der Waals surface area contributed by atoms with Crippen LogP contribution < -0.4 is 0 Å². The molecule has 2 rings (SSSR count). The van der Waals surface area contributed by atoms with Gasteiger partial charge in [-0.05, 0) is 44.4 Å². The van der Waals surface area contributed by atoms with Crippen molar-refractivity contribution in [1.82, 2.24) is 0 Å². The van der Waals surface area contributed by atoms with Crippen molar-refractivity contribution in [3.05, 3.63) is 0 Å². The van der Waals surface area contributed by atoms with Crippen LogP contribution in [0, 0.1) is 5.92 Å². The second-order valence-electron chi connectivity index (χ2n) is 5.75. The third kappa shape index (κ3) is 2.98. The van der Waals surface area contributed by atoms with Crippen molar-refractivity contribution in [1.29, 1.82) is 0 Å². The largest absolute Gasteiger partial charge is 0.393 e. The number of hydrogen-bond donors (Lipinski definition) is 1. The molecule has 1 aliphatic heterocycles. The van der Waals surface area contributed by atoms with Gasteiger partial charge in [-0.25, -0.2) is 0 Å². The summed E-state index contributed by atoms with van der Waals surface area (Å²) in [4.78, 5) is 0. The number of ether oxygens (including phenoxy) is 1. The highest BCUT2D eigenvalue weighted by Gasteiger charge is 2.38. The van der Waals surface area contributed by atoms with E-state index in [-0.39, 0.29) is 11.7 Å². The van der Waals surface area contributed by atoms with Gasteiger partial charge < -0.3 is 9.84 Å². The van der Waals surface area contributed by atoms with Crippen molar-refractivity contribution in [2.75, 3.05) is 6.61 Å². The van der Waals surface area contributed by atoms with Crippen molar-refractivity contribution in [2.45, 2.75) is 76.4 Å². The lowest BCUT2D eigenvalue weighted by Gasteiger charge is -2.44. The molecule has 2 unspecified atom stereocenters. The smallest absolute Gasteiger partial charge is 0.0685 e. The molecular weight excluding hydrogens is 200 g/mol. The van der Waals surface area contributed by atoms with Crippen molar-refractivity contribution < 1.29 is 9.84 Å². The van der Waals surface area contributed by atoms with Crippen LogP contribution in [0.25, 0.3) is 0 Å². The highest BCUT2D eigenvalue weighted by molar-refractivity contribution is 4.90. The van der Waals surface area contributed by atoms with Crippen molar-refractivity contribution in [3.8, 4) is 0 Å². The molecule has 1 spiro atoms. The maximum atomic E-state index is 9.76. The van der Waals surface area contributed by atoms with Crippen LogP contribution in [0.15, 0.2) is 0 Å². The van der Waals surface area contributed by atoms with Gasteiger partial charge in [0.15, 0.2) is 0 Å². The molecule has 0 bridgehead atoms. The topological polar surface area (TPSA) is 29.5 Å². The van der Waals surface area contributed by atoms with Gasteiger partial charge in [0.2, 0.25) is 0 Å². The lowest BCUT2D eigenvalue weighted by Crippen LogP contribution is -2.42. The molecule has 1 N–H and O–H groups in total. The molecule has 1 saturated carbocycles. The summed E-state index contributed by atoms with van der Waals surface area (Å²) in [5.41, 5.74) is 0.203. The van der Waals surface area contributed by atoms with Crippen molar-refractivity contribution in [3.63, 3.8) is 0 Å². The summed E-state index contributed by atoms with van der Waals surface area (Å²) in [5.74, 6) is 0.696. The van der Waals surface area contributed by atoms with E-state index in [1.165, 1.54) is 38.5 Å². The Hall–Kier alpha value is -0.0800. The number of aliphatic hydroxyl groups excluding tert-OH is 1. The molecule has 2 nitrogen and oxygen atoms in total. The van der Waals surface area contributed by atoms with Crippen LogP contribution in [-0.4, -0.2) is 23.4 Å². The van der Waals surface area contributed by atoms with E-state index in [1.54, 1.807) is 0 Å². The molecule has 2 aliphatic rings. The maximum Gasteiger partial charge on any atom is 0.0685 e. The first-order chi connectivity index (χ1) is 7.74. The molecule has 0 radical (unpaired) electrons. The zero-order valence-electron chi connectivity index (χ0n) is 10.6. The molecule has 0 aromatic rings. The van der Waals surface area contributed by atoms with Gasteiger partial charge in [-0.1, -0.05) is 26.2 Å². The molecule has 0 aromatic heterocycles. The zero-order chi connectivity index (χ0) is 11.4. The van der Waals surface area contributed by atoms with Gasteiger partial charge in [0.25, 0.3) is 0 Å². The summed E-state index contributed by atoms with van der Waals surface area (Å²) in [6, 6.07) is 0. The Morgan fingerprint density at radius 3 is 2.75 bits per heavy atom. The van der Waals surface area contributed by atoms with Crippen LogP contribution in [0.5, 0.6) is 0 Å². The van der Waals surface area contributed by atoms with Crippen LogP contribution in [0.1, 0.15) is 64.7 Å². The molecule has 16 heavy (non-hydrogen) atoms. The Kier molecular flexibility index (Phi) is 4.26. The van der Waals surface area contributed by atoms with E-state index in [2.05, 4.69) is 6.92 Å². The number of rotatable bonds is 3. The molecular formula is C14H26O2. The van der Waals surface area contributed by atoms with E-state index in [0.29, 0.717) is 5.92 Å². The maximum absolute atomic E-state index is 9.76. The second kappa shape index (κ2) is 5.50. The average molecular weight is 226 g/mol. The molecule has 1 heterocycles. The quantitative estimate of drug-likeness (QED) is 0.800. The second-order valence-corrected chi connectivity index (χ2v) is 5.75. The fourth-order valence-corrected chi connectivity index (χ4v) is 3.43.